The Hall–Kier alpha value is -2.86. The molecule has 2 amide bonds. The highest BCUT2D eigenvalue weighted by atomic mass is 32.2. The van der Waals surface area contributed by atoms with E-state index in [0.29, 0.717) is 24.3 Å². The minimum absolute atomic E-state index is 0.0121. The quantitative estimate of drug-likeness (QED) is 0.403. The summed E-state index contributed by atoms with van der Waals surface area (Å²) in [6.07, 6.45) is 2.72. The maximum absolute atomic E-state index is 12.7. The number of thioether (sulfide) groups is 1. The summed E-state index contributed by atoms with van der Waals surface area (Å²) in [4.78, 5) is 45.3. The Bertz CT molecular complexity index is 1040. The Balaban J connectivity index is 1.56. The number of likely N-dealkylation sites (tertiary alicyclic amines) is 1. The molecule has 0 aliphatic carbocycles. The lowest BCUT2D eigenvalue weighted by atomic mass is 9.79. The number of hydrogen-bond donors (Lipinski definition) is 2. The van der Waals surface area contributed by atoms with Crippen LogP contribution in [0.15, 0.2) is 29.6 Å². The van der Waals surface area contributed by atoms with E-state index in [2.05, 4.69) is 16.7 Å². The maximum Gasteiger partial charge on any atom is 0.410 e. The zero-order valence-electron chi connectivity index (χ0n) is 19.3. The minimum Gasteiger partial charge on any atom is -0.477 e. The van der Waals surface area contributed by atoms with Gasteiger partial charge in [0, 0.05) is 42.1 Å². The molecular formula is C22H29N5O6S. The van der Waals surface area contributed by atoms with Crippen LogP contribution in [0.5, 0.6) is 0 Å². The number of aliphatic hydroxyl groups is 1. The van der Waals surface area contributed by atoms with Gasteiger partial charge in [-0.2, -0.15) is 5.10 Å². The third kappa shape index (κ3) is 4.09. The van der Waals surface area contributed by atoms with E-state index in [1.807, 2.05) is 6.92 Å². The number of aliphatic hydroxyl groups excluding tert-OH is 1. The lowest BCUT2D eigenvalue weighted by Crippen LogP contribution is -2.63. The van der Waals surface area contributed by atoms with Gasteiger partial charge in [0.15, 0.2) is 0 Å². The van der Waals surface area contributed by atoms with Gasteiger partial charge in [-0.25, -0.2) is 14.6 Å². The fourth-order valence-electron chi connectivity index (χ4n) is 5.16. The van der Waals surface area contributed by atoms with Gasteiger partial charge in [0.2, 0.25) is 5.91 Å². The van der Waals surface area contributed by atoms with Crippen LogP contribution in [0, 0.1) is 11.8 Å². The molecule has 184 valence electrons. The van der Waals surface area contributed by atoms with E-state index in [4.69, 9.17) is 4.74 Å². The SMILES string of the molecule is C=CCOC(=O)N1C[C@@H](SC2=C(C(=O)O)N3C(=O)[C@H]([C@@H](C)O)[C@H]3[C@H]2C)C[C@H]1Cc1ncnn1C. The third-order valence-electron chi connectivity index (χ3n) is 6.76. The van der Waals surface area contributed by atoms with Gasteiger partial charge in [0.25, 0.3) is 0 Å². The molecule has 2 fully saturated rings. The molecule has 3 aliphatic rings. The Labute approximate surface area is 201 Å². The van der Waals surface area contributed by atoms with Crippen molar-refractivity contribution in [1.29, 1.82) is 0 Å². The Kier molecular flexibility index (Phi) is 6.72. The number of carboxylic acids is 1. The predicted molar refractivity (Wildman–Crippen MR) is 122 cm³/mol. The molecular weight excluding hydrogens is 462 g/mol. The monoisotopic (exact) mass is 491 g/mol. The van der Waals surface area contributed by atoms with Crippen molar-refractivity contribution >= 4 is 29.7 Å². The fraction of sp³-hybridized carbons (Fsp3) is 0.591. The van der Waals surface area contributed by atoms with Gasteiger partial charge >= 0.3 is 12.1 Å². The summed E-state index contributed by atoms with van der Waals surface area (Å²) in [6, 6.07) is -0.572. The van der Waals surface area contributed by atoms with Crippen LogP contribution in [0.3, 0.4) is 0 Å². The molecule has 0 unspecified atom stereocenters. The maximum atomic E-state index is 12.7. The van der Waals surface area contributed by atoms with E-state index >= 15 is 0 Å². The van der Waals surface area contributed by atoms with E-state index in [-0.39, 0.29) is 41.5 Å². The second kappa shape index (κ2) is 9.41. The molecule has 1 aromatic rings. The third-order valence-corrected chi connectivity index (χ3v) is 8.26. The second-order valence-corrected chi connectivity index (χ2v) is 10.3. The molecule has 0 aromatic carbocycles. The van der Waals surface area contributed by atoms with Crippen LogP contribution in [-0.2, 0) is 27.8 Å². The first-order valence-electron chi connectivity index (χ1n) is 11.2. The number of hydrogen-bond acceptors (Lipinski definition) is 8. The minimum atomic E-state index is -1.16. The highest BCUT2D eigenvalue weighted by Gasteiger charge is 2.60. The number of ether oxygens (including phenoxy) is 1. The molecule has 11 nitrogen and oxygen atoms in total. The van der Waals surface area contributed by atoms with Crippen LogP contribution >= 0.6 is 11.8 Å². The number of fused-ring (bicyclic) bond motifs is 1. The summed E-state index contributed by atoms with van der Waals surface area (Å²) in [7, 11) is 1.79. The summed E-state index contributed by atoms with van der Waals surface area (Å²) < 4.78 is 6.94. The van der Waals surface area contributed by atoms with E-state index in [1.165, 1.54) is 29.1 Å². The Morgan fingerprint density at radius 2 is 2.18 bits per heavy atom. The summed E-state index contributed by atoms with van der Waals surface area (Å²) in [5.74, 6) is -1.63. The average molecular weight is 492 g/mol. The molecule has 34 heavy (non-hydrogen) atoms. The van der Waals surface area contributed by atoms with Crippen molar-refractivity contribution in [1.82, 2.24) is 24.6 Å². The standard InChI is InChI=1S/C22H29N5O6S/c1-5-6-33-22(32)26-9-14(7-13(26)8-15-23-10-24-25(15)4)34-19-11(2)17-16(12(3)28)20(29)27(17)18(19)21(30)31/h5,10-14,16-17,28H,1,6-9H2,2-4H3,(H,30,31)/t11-,12-,13+,14+,16-,17-/m1/s1. The van der Waals surface area contributed by atoms with E-state index in [9.17, 15) is 24.6 Å². The second-order valence-electron chi connectivity index (χ2n) is 8.92. The number of carboxylic acid groups (broad SMARTS) is 1. The van der Waals surface area contributed by atoms with Crippen LogP contribution in [-0.4, -0.2) is 89.3 Å². The first-order chi connectivity index (χ1) is 16.1. The van der Waals surface area contributed by atoms with Crippen LogP contribution in [0.1, 0.15) is 26.1 Å². The molecule has 4 rings (SSSR count). The predicted octanol–water partition coefficient (Wildman–Crippen LogP) is 1.01. The molecule has 0 radical (unpaired) electrons. The van der Waals surface area contributed by atoms with Crippen LogP contribution in [0.25, 0.3) is 0 Å². The highest BCUT2D eigenvalue weighted by molar-refractivity contribution is 8.03. The molecule has 2 saturated heterocycles. The molecule has 0 bridgehead atoms. The lowest BCUT2D eigenvalue weighted by Gasteiger charge is -2.46. The summed E-state index contributed by atoms with van der Waals surface area (Å²) in [6.45, 7) is 7.48. The van der Waals surface area contributed by atoms with E-state index < -0.39 is 24.1 Å². The first-order valence-corrected chi connectivity index (χ1v) is 12.1. The van der Waals surface area contributed by atoms with Crippen molar-refractivity contribution in [3.8, 4) is 0 Å². The molecule has 6 atom stereocenters. The molecule has 2 N–H and O–H groups in total. The van der Waals surface area contributed by atoms with Gasteiger partial charge in [-0.05, 0) is 13.3 Å². The van der Waals surface area contributed by atoms with Crippen molar-refractivity contribution in [3.05, 3.63) is 35.4 Å². The van der Waals surface area contributed by atoms with Gasteiger partial charge in [-0.3, -0.25) is 9.48 Å². The molecule has 3 aliphatic heterocycles. The van der Waals surface area contributed by atoms with Gasteiger partial charge in [0.05, 0.1) is 18.1 Å². The molecule has 1 aromatic heterocycles. The number of aliphatic carboxylic acids is 1. The number of aryl methyl sites for hydroxylation is 1. The van der Waals surface area contributed by atoms with Gasteiger partial charge in [-0.1, -0.05) is 19.6 Å². The van der Waals surface area contributed by atoms with Crippen molar-refractivity contribution in [2.45, 2.75) is 50.1 Å². The molecule has 12 heteroatoms. The van der Waals surface area contributed by atoms with Crippen molar-refractivity contribution < 1.29 is 29.3 Å². The largest absolute Gasteiger partial charge is 0.477 e. The van der Waals surface area contributed by atoms with Gasteiger partial charge in [-0.15, -0.1) is 11.8 Å². The molecule has 0 spiro atoms. The lowest BCUT2D eigenvalue weighted by molar-refractivity contribution is -0.163. The first kappa shape index (κ1) is 24.3. The van der Waals surface area contributed by atoms with Crippen molar-refractivity contribution in [3.63, 3.8) is 0 Å². The topological polar surface area (TPSA) is 138 Å². The number of rotatable bonds is 8. The number of carbonyl (C=O) groups excluding carboxylic acids is 2. The zero-order chi connectivity index (χ0) is 24.7. The number of carbonyl (C=O) groups is 3. The van der Waals surface area contributed by atoms with E-state index in [1.54, 1.807) is 23.6 Å². The van der Waals surface area contributed by atoms with Gasteiger partial charge in [0.1, 0.15) is 24.5 Å². The van der Waals surface area contributed by atoms with E-state index in [0.717, 1.165) is 5.82 Å². The summed E-state index contributed by atoms with van der Waals surface area (Å²) >= 11 is 1.40. The van der Waals surface area contributed by atoms with Crippen molar-refractivity contribution in [2.24, 2.45) is 18.9 Å². The van der Waals surface area contributed by atoms with Crippen LogP contribution in [0.2, 0.25) is 0 Å². The van der Waals surface area contributed by atoms with Crippen molar-refractivity contribution in [2.75, 3.05) is 13.2 Å². The number of amides is 2. The summed E-state index contributed by atoms with van der Waals surface area (Å²) in [5.41, 5.74) is -0.0121. The number of nitrogens with zero attached hydrogens (tertiary/aromatic N) is 5. The van der Waals surface area contributed by atoms with Gasteiger partial charge < -0.3 is 24.7 Å². The fourth-order valence-corrected chi connectivity index (χ4v) is 6.73. The zero-order valence-corrected chi connectivity index (χ0v) is 20.1. The molecule has 0 saturated carbocycles. The molecule has 4 heterocycles. The Morgan fingerprint density at radius 3 is 2.76 bits per heavy atom. The summed E-state index contributed by atoms with van der Waals surface area (Å²) in [5, 5.41) is 23.9. The smallest absolute Gasteiger partial charge is 0.410 e. The van der Waals surface area contributed by atoms with Crippen LogP contribution in [0.4, 0.5) is 4.79 Å². The number of aromatic nitrogens is 3. The Morgan fingerprint density at radius 1 is 1.44 bits per heavy atom. The highest BCUT2D eigenvalue weighted by Crippen LogP contribution is 2.52. The van der Waals surface area contributed by atoms with Crippen LogP contribution < -0.4 is 0 Å². The average Bonchev–Trinajstić information content (AvgIpc) is 3.43. The number of β-lactam (4-membered cyclic amide) rings is 1. The normalized spacial score (nSPS) is 29.2.